The van der Waals surface area contributed by atoms with Gasteiger partial charge in [0.05, 0.1) is 11.8 Å². The molecule has 20 heavy (non-hydrogen) atoms. The van der Waals surface area contributed by atoms with Crippen molar-refractivity contribution in [2.45, 2.75) is 42.9 Å². The molecule has 108 valence electrons. The van der Waals surface area contributed by atoms with Gasteiger partial charge in [0.1, 0.15) is 6.04 Å². The number of amides is 1. The molecule has 2 fully saturated rings. The van der Waals surface area contributed by atoms with E-state index < -0.39 is 12.0 Å². The number of hydrogen-bond acceptors (Lipinski definition) is 6. The molecule has 1 aromatic heterocycles. The third-order valence-electron chi connectivity index (χ3n) is 3.54. The summed E-state index contributed by atoms with van der Waals surface area (Å²) in [6.45, 7) is 0.518. The first-order valence-corrected chi connectivity index (χ1v) is 7.58. The first-order valence-electron chi connectivity index (χ1n) is 6.60. The fraction of sp³-hybridized carbons (Fsp3) is 0.727. The first-order chi connectivity index (χ1) is 9.66. The monoisotopic (exact) mass is 297 g/mol. The zero-order valence-corrected chi connectivity index (χ0v) is 11.6. The Bertz CT molecular complexity index is 530. The molecule has 1 aromatic rings. The molecule has 0 spiro atoms. The zero-order chi connectivity index (χ0) is 14.1. The Labute approximate surface area is 119 Å². The lowest BCUT2D eigenvalue weighted by molar-refractivity contribution is -0.147. The maximum Gasteiger partial charge on any atom is 0.326 e. The van der Waals surface area contributed by atoms with Crippen LogP contribution < -0.4 is 0 Å². The van der Waals surface area contributed by atoms with Gasteiger partial charge < -0.3 is 10.0 Å². The topological polar surface area (TPSA) is 101 Å². The number of nitrogens with zero attached hydrogens (tertiary/aromatic N) is 5. The molecule has 1 saturated carbocycles. The van der Waals surface area contributed by atoms with E-state index in [1.807, 2.05) is 0 Å². The number of likely N-dealkylation sites (tertiary alicyclic amines) is 1. The van der Waals surface area contributed by atoms with Crippen LogP contribution in [0.3, 0.4) is 0 Å². The second-order valence-electron chi connectivity index (χ2n) is 5.01. The van der Waals surface area contributed by atoms with E-state index in [4.69, 9.17) is 5.11 Å². The van der Waals surface area contributed by atoms with Crippen LogP contribution in [0.2, 0.25) is 0 Å². The summed E-state index contributed by atoms with van der Waals surface area (Å²) in [7, 11) is 0. The maximum absolute atomic E-state index is 12.1. The number of thioether (sulfide) groups is 1. The highest BCUT2D eigenvalue weighted by Crippen LogP contribution is 2.36. The number of aliphatic carboxylic acids is 1. The molecule has 0 aromatic carbocycles. The molecule has 1 aliphatic carbocycles. The van der Waals surface area contributed by atoms with Gasteiger partial charge >= 0.3 is 5.97 Å². The fourth-order valence-electron chi connectivity index (χ4n) is 2.36. The van der Waals surface area contributed by atoms with Crippen molar-refractivity contribution >= 4 is 23.6 Å². The summed E-state index contributed by atoms with van der Waals surface area (Å²) in [5.74, 6) is -0.912. The minimum absolute atomic E-state index is 0.162. The van der Waals surface area contributed by atoms with Crippen molar-refractivity contribution in [3.63, 3.8) is 0 Å². The highest BCUT2D eigenvalue weighted by Gasteiger charge is 2.34. The van der Waals surface area contributed by atoms with Gasteiger partial charge in [-0.05, 0) is 36.1 Å². The van der Waals surface area contributed by atoms with Crippen molar-refractivity contribution in [3.05, 3.63) is 0 Å². The summed E-state index contributed by atoms with van der Waals surface area (Å²) in [6.07, 6.45) is 3.41. The maximum atomic E-state index is 12.1. The summed E-state index contributed by atoms with van der Waals surface area (Å²) >= 11 is 1.27. The predicted octanol–water partition coefficient (Wildman–Crippen LogP) is 0.176. The van der Waals surface area contributed by atoms with Crippen molar-refractivity contribution in [1.82, 2.24) is 25.1 Å². The van der Waals surface area contributed by atoms with Crippen LogP contribution in [0.5, 0.6) is 0 Å². The van der Waals surface area contributed by atoms with Gasteiger partial charge in [0.25, 0.3) is 0 Å². The van der Waals surface area contributed by atoms with E-state index in [0.717, 1.165) is 19.3 Å². The van der Waals surface area contributed by atoms with Crippen LogP contribution >= 0.6 is 11.8 Å². The minimum Gasteiger partial charge on any atom is -0.480 e. The second kappa shape index (κ2) is 5.39. The van der Waals surface area contributed by atoms with Crippen molar-refractivity contribution in [2.75, 3.05) is 12.3 Å². The molecule has 9 heteroatoms. The second-order valence-corrected chi connectivity index (χ2v) is 5.95. The van der Waals surface area contributed by atoms with E-state index >= 15 is 0 Å². The van der Waals surface area contributed by atoms with Crippen LogP contribution in [-0.4, -0.2) is 60.4 Å². The molecule has 1 amide bonds. The first kappa shape index (κ1) is 13.3. The summed E-state index contributed by atoms with van der Waals surface area (Å²) in [6, 6.07) is -0.316. The molecule has 8 nitrogen and oxygen atoms in total. The SMILES string of the molecule is O=C(O)C1CCCN1C(=O)CSc1nnnn1C1CC1. The van der Waals surface area contributed by atoms with Crippen molar-refractivity contribution in [2.24, 2.45) is 0 Å². The van der Waals surface area contributed by atoms with Crippen LogP contribution in [0.4, 0.5) is 0 Å². The molecule has 3 rings (SSSR count). The van der Waals surface area contributed by atoms with Gasteiger partial charge in [-0.25, -0.2) is 9.48 Å². The fourth-order valence-corrected chi connectivity index (χ4v) is 3.19. The molecule has 1 saturated heterocycles. The smallest absolute Gasteiger partial charge is 0.326 e. The molecule has 2 heterocycles. The van der Waals surface area contributed by atoms with E-state index in [0.29, 0.717) is 24.2 Å². The van der Waals surface area contributed by atoms with Crippen LogP contribution in [0.1, 0.15) is 31.7 Å². The molecule has 0 bridgehead atoms. The van der Waals surface area contributed by atoms with Gasteiger partial charge in [0, 0.05) is 6.54 Å². The number of hydrogen-bond donors (Lipinski definition) is 1. The minimum atomic E-state index is -0.927. The predicted molar refractivity (Wildman–Crippen MR) is 69.2 cm³/mol. The Morgan fingerprint density at radius 1 is 1.35 bits per heavy atom. The summed E-state index contributed by atoms with van der Waals surface area (Å²) in [5.41, 5.74) is 0. The highest BCUT2D eigenvalue weighted by molar-refractivity contribution is 7.99. The average Bonchev–Trinajstić information content (AvgIpc) is 2.97. The summed E-state index contributed by atoms with van der Waals surface area (Å²) in [5, 5.41) is 21.1. The molecule has 2 aliphatic rings. The van der Waals surface area contributed by atoms with Gasteiger partial charge in [-0.3, -0.25) is 4.79 Å². The normalized spacial score (nSPS) is 22.2. The number of tetrazole rings is 1. The lowest BCUT2D eigenvalue weighted by Crippen LogP contribution is -2.41. The van der Waals surface area contributed by atoms with E-state index in [1.165, 1.54) is 16.7 Å². The van der Waals surface area contributed by atoms with Crippen molar-refractivity contribution < 1.29 is 14.7 Å². The molecule has 1 unspecified atom stereocenters. The largest absolute Gasteiger partial charge is 0.480 e. The van der Waals surface area contributed by atoms with Gasteiger partial charge in [-0.2, -0.15) is 0 Å². The van der Waals surface area contributed by atoms with E-state index in [2.05, 4.69) is 15.5 Å². The molecule has 1 aliphatic heterocycles. The Balaban J connectivity index is 1.59. The molecule has 1 N–H and O–H groups in total. The number of aromatic nitrogens is 4. The number of carboxylic acids is 1. The lowest BCUT2D eigenvalue weighted by atomic mass is 10.2. The average molecular weight is 297 g/mol. The number of rotatable bonds is 5. The van der Waals surface area contributed by atoms with Gasteiger partial charge in [0.2, 0.25) is 11.1 Å². The van der Waals surface area contributed by atoms with Crippen molar-refractivity contribution in [1.29, 1.82) is 0 Å². The van der Waals surface area contributed by atoms with Crippen LogP contribution in [0.15, 0.2) is 5.16 Å². The van der Waals surface area contributed by atoms with Gasteiger partial charge in [-0.15, -0.1) is 5.10 Å². The zero-order valence-electron chi connectivity index (χ0n) is 10.8. The summed E-state index contributed by atoms with van der Waals surface area (Å²) in [4.78, 5) is 24.6. The Kier molecular flexibility index (Phi) is 3.60. The van der Waals surface area contributed by atoms with E-state index in [1.54, 1.807) is 4.68 Å². The van der Waals surface area contributed by atoms with E-state index in [-0.39, 0.29) is 11.7 Å². The van der Waals surface area contributed by atoms with Crippen LogP contribution in [0.25, 0.3) is 0 Å². The summed E-state index contributed by atoms with van der Waals surface area (Å²) < 4.78 is 1.75. The quantitative estimate of drug-likeness (QED) is 0.773. The Morgan fingerprint density at radius 3 is 2.85 bits per heavy atom. The Morgan fingerprint density at radius 2 is 2.15 bits per heavy atom. The standard InChI is InChI=1S/C11H15N5O3S/c17-9(15-5-1-2-8(15)10(18)19)6-20-11-12-13-14-16(11)7-3-4-7/h7-8H,1-6H2,(H,18,19). The van der Waals surface area contributed by atoms with E-state index in [9.17, 15) is 9.59 Å². The number of carboxylic acid groups (broad SMARTS) is 1. The van der Waals surface area contributed by atoms with Crippen LogP contribution in [-0.2, 0) is 9.59 Å². The van der Waals surface area contributed by atoms with Crippen LogP contribution in [0, 0.1) is 0 Å². The Hall–Kier alpha value is -1.64. The molecule has 1 atom stereocenters. The number of carbonyl (C=O) groups is 2. The molecular formula is C11H15N5O3S. The molecular weight excluding hydrogens is 282 g/mol. The third-order valence-corrected chi connectivity index (χ3v) is 4.46. The highest BCUT2D eigenvalue weighted by atomic mass is 32.2. The molecule has 0 radical (unpaired) electrons. The van der Waals surface area contributed by atoms with Crippen molar-refractivity contribution in [3.8, 4) is 0 Å². The van der Waals surface area contributed by atoms with Gasteiger partial charge in [0.15, 0.2) is 0 Å². The van der Waals surface area contributed by atoms with Gasteiger partial charge in [-0.1, -0.05) is 11.8 Å². The number of carbonyl (C=O) groups excluding carboxylic acids is 1. The third kappa shape index (κ3) is 2.62. The lowest BCUT2D eigenvalue weighted by Gasteiger charge is -2.20.